The van der Waals surface area contributed by atoms with Crippen molar-refractivity contribution in [3.8, 4) is 0 Å². The second kappa shape index (κ2) is 7.97. The molecular formula is C21H28N2O7. The zero-order valence-corrected chi connectivity index (χ0v) is 18.5. The zero-order valence-electron chi connectivity index (χ0n) is 18.5. The minimum atomic E-state index is -1.02. The molecule has 0 saturated heterocycles. The maximum Gasteiger partial charge on any atom is 0.433 e. The highest BCUT2D eigenvalue weighted by molar-refractivity contribution is 5.99. The number of esters is 2. The van der Waals surface area contributed by atoms with Crippen molar-refractivity contribution in [2.45, 2.75) is 72.5 Å². The van der Waals surface area contributed by atoms with E-state index in [9.17, 15) is 19.7 Å². The number of dihydropyridines is 1. The standard InChI is InChI=1S/C21H28N2O7/c1-11-15(18(24)29-20(3,4)5)17(13-9-10-14(28-13)23(26)27)16(12(2)22-11)19(25)30-21(6,7)8/h9-10,17,22H,1-8H3. The second-order valence-electron chi connectivity index (χ2n) is 9.07. The first-order chi connectivity index (χ1) is 13.6. The predicted octanol–water partition coefficient (Wildman–Crippen LogP) is 4.11. The van der Waals surface area contributed by atoms with Crippen molar-refractivity contribution in [3.63, 3.8) is 0 Å². The molecule has 0 amide bonds. The number of nitrogens with one attached hydrogen (secondary N) is 1. The first kappa shape index (κ1) is 23.2. The van der Waals surface area contributed by atoms with Crippen molar-refractivity contribution in [1.29, 1.82) is 0 Å². The Balaban J connectivity index is 2.65. The Labute approximate surface area is 175 Å². The summed E-state index contributed by atoms with van der Waals surface area (Å²) >= 11 is 0. The molecule has 0 atom stereocenters. The molecule has 0 bridgehead atoms. The lowest BCUT2D eigenvalue weighted by molar-refractivity contribution is -0.402. The van der Waals surface area contributed by atoms with Gasteiger partial charge in [0.1, 0.15) is 21.9 Å². The van der Waals surface area contributed by atoms with Crippen LogP contribution in [0, 0.1) is 10.1 Å². The summed E-state index contributed by atoms with van der Waals surface area (Å²) in [6.45, 7) is 13.7. The molecule has 2 rings (SSSR count). The number of rotatable bonds is 4. The average molecular weight is 420 g/mol. The fourth-order valence-electron chi connectivity index (χ4n) is 3.08. The van der Waals surface area contributed by atoms with Gasteiger partial charge in [0.25, 0.3) is 0 Å². The Kier molecular flexibility index (Phi) is 6.15. The third-order valence-corrected chi connectivity index (χ3v) is 4.08. The minimum Gasteiger partial charge on any atom is -0.457 e. The van der Waals surface area contributed by atoms with Gasteiger partial charge in [0.2, 0.25) is 0 Å². The molecule has 1 aromatic heterocycles. The monoisotopic (exact) mass is 420 g/mol. The smallest absolute Gasteiger partial charge is 0.433 e. The van der Waals surface area contributed by atoms with Crippen LogP contribution >= 0.6 is 0 Å². The fraction of sp³-hybridized carbons (Fsp3) is 0.524. The van der Waals surface area contributed by atoms with Gasteiger partial charge in [-0.05, 0) is 61.5 Å². The van der Waals surface area contributed by atoms with Gasteiger partial charge >= 0.3 is 17.8 Å². The van der Waals surface area contributed by atoms with Crippen molar-refractivity contribution in [3.05, 3.63) is 50.5 Å². The third kappa shape index (κ3) is 5.28. The number of nitro groups is 1. The molecule has 1 N–H and O–H groups in total. The molecule has 0 aromatic carbocycles. The van der Waals surface area contributed by atoms with Gasteiger partial charge in [-0.15, -0.1) is 0 Å². The molecule has 0 fully saturated rings. The predicted molar refractivity (Wildman–Crippen MR) is 108 cm³/mol. The summed E-state index contributed by atoms with van der Waals surface area (Å²) in [6.07, 6.45) is 0. The van der Waals surface area contributed by atoms with E-state index in [1.54, 1.807) is 55.4 Å². The molecule has 0 unspecified atom stereocenters. The first-order valence-corrected chi connectivity index (χ1v) is 9.50. The minimum absolute atomic E-state index is 0.0728. The van der Waals surface area contributed by atoms with Gasteiger partial charge in [0.05, 0.1) is 23.1 Å². The lowest BCUT2D eigenvalue weighted by atomic mass is 9.83. The van der Waals surface area contributed by atoms with Gasteiger partial charge in [0, 0.05) is 11.4 Å². The van der Waals surface area contributed by atoms with Gasteiger partial charge in [0.15, 0.2) is 0 Å². The number of nitrogens with zero attached hydrogens (tertiary/aromatic N) is 1. The molecule has 9 heteroatoms. The van der Waals surface area contributed by atoms with Crippen LogP contribution in [0.1, 0.15) is 67.1 Å². The molecule has 1 aromatic rings. The molecule has 0 radical (unpaired) electrons. The first-order valence-electron chi connectivity index (χ1n) is 9.50. The van der Waals surface area contributed by atoms with Crippen LogP contribution < -0.4 is 5.32 Å². The van der Waals surface area contributed by atoms with E-state index in [4.69, 9.17) is 13.9 Å². The Morgan fingerprint density at radius 2 is 1.40 bits per heavy atom. The van der Waals surface area contributed by atoms with Crippen molar-refractivity contribution < 1.29 is 28.4 Å². The highest BCUT2D eigenvalue weighted by Gasteiger charge is 2.42. The molecule has 0 aliphatic carbocycles. The van der Waals surface area contributed by atoms with Crippen LogP contribution in [0.15, 0.2) is 39.1 Å². The van der Waals surface area contributed by atoms with E-state index in [0.717, 1.165) is 0 Å². The van der Waals surface area contributed by atoms with E-state index >= 15 is 0 Å². The van der Waals surface area contributed by atoms with Crippen molar-refractivity contribution in [1.82, 2.24) is 5.32 Å². The number of hydrogen-bond donors (Lipinski definition) is 1. The third-order valence-electron chi connectivity index (χ3n) is 4.08. The average Bonchev–Trinajstić information content (AvgIpc) is 3.00. The van der Waals surface area contributed by atoms with Gasteiger partial charge in [-0.1, -0.05) is 0 Å². The van der Waals surface area contributed by atoms with Crippen LogP contribution in [-0.4, -0.2) is 28.1 Å². The quantitative estimate of drug-likeness (QED) is 0.439. The van der Waals surface area contributed by atoms with Crippen LogP contribution in [0.4, 0.5) is 5.88 Å². The summed E-state index contributed by atoms with van der Waals surface area (Å²) in [5.41, 5.74) is -0.406. The maximum absolute atomic E-state index is 13.0. The maximum atomic E-state index is 13.0. The van der Waals surface area contributed by atoms with Gasteiger partial charge in [-0.3, -0.25) is 10.1 Å². The summed E-state index contributed by atoms with van der Waals surface area (Å²) in [5, 5.41) is 14.1. The van der Waals surface area contributed by atoms with E-state index < -0.39 is 39.9 Å². The molecular weight excluding hydrogens is 392 g/mol. The van der Waals surface area contributed by atoms with E-state index in [0.29, 0.717) is 11.4 Å². The Hall–Kier alpha value is -3.10. The van der Waals surface area contributed by atoms with E-state index in [-0.39, 0.29) is 16.9 Å². The van der Waals surface area contributed by atoms with Gasteiger partial charge < -0.3 is 19.2 Å². The van der Waals surface area contributed by atoms with Gasteiger partial charge in [-0.2, -0.15) is 0 Å². The lowest BCUT2D eigenvalue weighted by Gasteiger charge is -2.32. The number of carbonyl (C=O) groups excluding carboxylic acids is 2. The number of allylic oxidation sites excluding steroid dienone is 2. The fourth-order valence-corrected chi connectivity index (χ4v) is 3.08. The topological polar surface area (TPSA) is 121 Å². The molecule has 0 spiro atoms. The van der Waals surface area contributed by atoms with Crippen LogP contribution in [0.25, 0.3) is 0 Å². The molecule has 9 nitrogen and oxygen atoms in total. The number of carbonyl (C=O) groups is 2. The Morgan fingerprint density at radius 3 is 1.73 bits per heavy atom. The summed E-state index contributed by atoms with van der Waals surface area (Å²) in [6, 6.07) is 2.56. The van der Waals surface area contributed by atoms with Crippen molar-refractivity contribution in [2.75, 3.05) is 0 Å². The molecule has 1 aliphatic heterocycles. The number of ether oxygens (including phenoxy) is 2. The number of furan rings is 1. The summed E-state index contributed by atoms with van der Waals surface area (Å²) < 4.78 is 16.5. The largest absolute Gasteiger partial charge is 0.457 e. The molecule has 2 heterocycles. The number of hydrogen-bond acceptors (Lipinski definition) is 8. The summed E-state index contributed by atoms with van der Waals surface area (Å²) in [4.78, 5) is 36.5. The second-order valence-corrected chi connectivity index (χ2v) is 9.07. The van der Waals surface area contributed by atoms with Crippen LogP contribution in [0.3, 0.4) is 0 Å². The lowest BCUT2D eigenvalue weighted by Crippen LogP contribution is -2.36. The highest BCUT2D eigenvalue weighted by atomic mass is 16.6. The summed E-state index contributed by atoms with van der Waals surface area (Å²) in [7, 11) is 0. The normalized spacial score (nSPS) is 15.7. The molecule has 0 saturated carbocycles. The van der Waals surface area contributed by atoms with Crippen molar-refractivity contribution >= 4 is 17.8 Å². The summed E-state index contributed by atoms with van der Waals surface area (Å²) in [5.74, 6) is -2.77. The van der Waals surface area contributed by atoms with E-state index in [1.807, 2.05) is 0 Å². The molecule has 30 heavy (non-hydrogen) atoms. The van der Waals surface area contributed by atoms with Crippen LogP contribution in [-0.2, 0) is 19.1 Å². The van der Waals surface area contributed by atoms with Gasteiger partial charge in [-0.25, -0.2) is 9.59 Å². The molecule has 164 valence electrons. The van der Waals surface area contributed by atoms with E-state index in [1.165, 1.54) is 12.1 Å². The van der Waals surface area contributed by atoms with Crippen LogP contribution in [0.2, 0.25) is 0 Å². The van der Waals surface area contributed by atoms with Crippen molar-refractivity contribution in [2.24, 2.45) is 0 Å². The zero-order chi connectivity index (χ0) is 23.0. The Bertz CT molecular complexity index is 889. The van der Waals surface area contributed by atoms with Crippen LogP contribution in [0.5, 0.6) is 0 Å². The van der Waals surface area contributed by atoms with E-state index in [2.05, 4.69) is 5.32 Å². The molecule has 1 aliphatic rings. The Morgan fingerprint density at radius 1 is 0.967 bits per heavy atom. The highest BCUT2D eigenvalue weighted by Crippen LogP contribution is 2.41. The SMILES string of the molecule is CC1=C(C(=O)OC(C)(C)C)C(c2ccc([N+](=O)[O-])o2)C(C(=O)OC(C)(C)C)=C(C)N1.